The van der Waals surface area contributed by atoms with Crippen LogP contribution >= 0.6 is 0 Å². The molecule has 1 aromatic carbocycles. The van der Waals surface area contributed by atoms with Gasteiger partial charge in [-0.15, -0.1) is 0 Å². The van der Waals surface area contributed by atoms with Crippen molar-refractivity contribution in [3.05, 3.63) is 35.9 Å². The first-order valence-corrected chi connectivity index (χ1v) is 7.30. The molecule has 4 heteroatoms. The quantitative estimate of drug-likeness (QED) is 0.825. The molecule has 2 fully saturated rings. The summed E-state index contributed by atoms with van der Waals surface area (Å²) in [6.07, 6.45) is 0.871. The molecular formula is C16H18N2O2. The Labute approximate surface area is 118 Å². The van der Waals surface area contributed by atoms with E-state index in [1.807, 2.05) is 23.1 Å². The third-order valence-electron chi connectivity index (χ3n) is 4.80. The van der Waals surface area contributed by atoms with Crippen LogP contribution in [-0.4, -0.2) is 34.7 Å². The molecule has 1 aromatic rings. The van der Waals surface area contributed by atoms with E-state index in [0.29, 0.717) is 0 Å². The molecule has 1 aliphatic carbocycles. The Kier molecular flexibility index (Phi) is 2.43. The van der Waals surface area contributed by atoms with E-state index < -0.39 is 0 Å². The Hall–Kier alpha value is -1.84. The van der Waals surface area contributed by atoms with Gasteiger partial charge in [0.1, 0.15) is 6.10 Å². The molecule has 1 saturated heterocycles. The SMILES string of the molecule is CC(C)N1C(=O)C2CC1C1C(c3ccccc3)=NOC21. The summed E-state index contributed by atoms with van der Waals surface area (Å²) in [6.45, 7) is 4.17. The van der Waals surface area contributed by atoms with Crippen LogP contribution in [0.15, 0.2) is 35.5 Å². The summed E-state index contributed by atoms with van der Waals surface area (Å²) in [4.78, 5) is 20.0. The van der Waals surface area contributed by atoms with E-state index in [-0.39, 0.29) is 35.9 Å². The zero-order valence-electron chi connectivity index (χ0n) is 11.7. The van der Waals surface area contributed by atoms with Crippen LogP contribution in [-0.2, 0) is 9.63 Å². The number of rotatable bonds is 2. The lowest BCUT2D eigenvalue weighted by Crippen LogP contribution is -2.52. The summed E-state index contributed by atoms with van der Waals surface area (Å²) >= 11 is 0. The topological polar surface area (TPSA) is 41.9 Å². The number of hydrogen-bond acceptors (Lipinski definition) is 3. The summed E-state index contributed by atoms with van der Waals surface area (Å²) in [7, 11) is 0. The molecule has 1 saturated carbocycles. The molecular weight excluding hydrogens is 252 g/mol. The summed E-state index contributed by atoms with van der Waals surface area (Å²) in [5.74, 6) is 0.482. The number of benzene rings is 1. The fourth-order valence-electron chi connectivity index (χ4n) is 4.04. The molecule has 0 spiro atoms. The third kappa shape index (κ3) is 1.42. The van der Waals surface area contributed by atoms with Crippen molar-refractivity contribution in [2.75, 3.05) is 0 Å². The van der Waals surface area contributed by atoms with Crippen molar-refractivity contribution in [3.63, 3.8) is 0 Å². The van der Waals surface area contributed by atoms with E-state index >= 15 is 0 Å². The molecule has 20 heavy (non-hydrogen) atoms. The van der Waals surface area contributed by atoms with Gasteiger partial charge in [-0.1, -0.05) is 35.5 Å². The number of carbonyl (C=O) groups excluding carboxylic acids is 1. The molecule has 3 aliphatic rings. The summed E-state index contributed by atoms with van der Waals surface area (Å²) in [6, 6.07) is 10.7. The molecule has 4 rings (SSSR count). The summed E-state index contributed by atoms with van der Waals surface area (Å²) < 4.78 is 0. The molecule has 4 nitrogen and oxygen atoms in total. The number of carbonyl (C=O) groups is 1. The minimum absolute atomic E-state index is 0.00244. The molecule has 104 valence electrons. The van der Waals surface area contributed by atoms with E-state index in [2.05, 4.69) is 31.1 Å². The Balaban J connectivity index is 1.70. The molecule has 4 atom stereocenters. The average Bonchev–Trinajstić information content (AvgIpc) is 3.08. The number of hydrogen-bond donors (Lipinski definition) is 0. The van der Waals surface area contributed by atoms with Crippen molar-refractivity contribution in [2.24, 2.45) is 17.0 Å². The number of nitrogens with zero attached hydrogens (tertiary/aromatic N) is 2. The Morgan fingerprint density at radius 1 is 1.30 bits per heavy atom. The van der Waals surface area contributed by atoms with Gasteiger partial charge in [-0.3, -0.25) is 4.79 Å². The fourth-order valence-corrected chi connectivity index (χ4v) is 4.04. The van der Waals surface area contributed by atoms with Gasteiger partial charge in [0.25, 0.3) is 0 Å². The molecule has 2 bridgehead atoms. The summed E-state index contributed by atoms with van der Waals surface area (Å²) in [5.41, 5.74) is 2.13. The summed E-state index contributed by atoms with van der Waals surface area (Å²) in [5, 5.41) is 4.30. The number of oxime groups is 1. The predicted octanol–water partition coefficient (Wildman–Crippen LogP) is 2.04. The molecule has 4 unspecified atom stereocenters. The Bertz CT molecular complexity index is 581. The first-order chi connectivity index (χ1) is 9.68. The molecule has 0 aromatic heterocycles. The molecule has 2 aliphatic heterocycles. The maximum absolute atomic E-state index is 12.4. The zero-order chi connectivity index (χ0) is 13.9. The maximum atomic E-state index is 12.4. The van der Waals surface area contributed by atoms with E-state index in [9.17, 15) is 4.79 Å². The van der Waals surface area contributed by atoms with Crippen molar-refractivity contribution >= 4 is 11.6 Å². The zero-order valence-corrected chi connectivity index (χ0v) is 11.7. The smallest absolute Gasteiger partial charge is 0.230 e. The highest BCUT2D eigenvalue weighted by atomic mass is 16.6. The van der Waals surface area contributed by atoms with Gasteiger partial charge in [0.15, 0.2) is 0 Å². The van der Waals surface area contributed by atoms with Gasteiger partial charge in [0, 0.05) is 12.1 Å². The van der Waals surface area contributed by atoms with Crippen LogP contribution in [0.25, 0.3) is 0 Å². The second kappa shape index (κ2) is 4.08. The standard InChI is InChI=1S/C16H18N2O2/c1-9(2)18-12-8-11(16(18)19)15-13(12)14(17-20-15)10-6-4-3-5-7-10/h3-7,9,11-13,15H,8H2,1-2H3. The van der Waals surface area contributed by atoms with E-state index in [4.69, 9.17) is 4.84 Å². The minimum atomic E-state index is -0.0438. The van der Waals surface area contributed by atoms with Crippen molar-refractivity contribution in [1.82, 2.24) is 4.90 Å². The van der Waals surface area contributed by atoms with Gasteiger partial charge in [0.05, 0.1) is 17.5 Å². The van der Waals surface area contributed by atoms with E-state index in [1.165, 1.54) is 0 Å². The average molecular weight is 270 g/mol. The van der Waals surface area contributed by atoms with Crippen LogP contribution in [0.5, 0.6) is 0 Å². The van der Waals surface area contributed by atoms with Gasteiger partial charge >= 0.3 is 0 Å². The van der Waals surface area contributed by atoms with Gasteiger partial charge in [0.2, 0.25) is 5.91 Å². The molecule has 0 radical (unpaired) electrons. The van der Waals surface area contributed by atoms with Crippen LogP contribution in [0.4, 0.5) is 0 Å². The third-order valence-corrected chi connectivity index (χ3v) is 4.80. The predicted molar refractivity (Wildman–Crippen MR) is 75.2 cm³/mol. The van der Waals surface area contributed by atoms with Crippen molar-refractivity contribution in [2.45, 2.75) is 38.5 Å². The number of fused-ring (bicyclic) bond motifs is 5. The number of likely N-dealkylation sites (tertiary alicyclic amines) is 1. The maximum Gasteiger partial charge on any atom is 0.230 e. The second-order valence-electron chi connectivity index (χ2n) is 6.19. The first kappa shape index (κ1) is 11.9. The van der Waals surface area contributed by atoms with Gasteiger partial charge < -0.3 is 9.74 Å². The lowest BCUT2D eigenvalue weighted by atomic mass is 9.87. The molecule has 1 amide bonds. The minimum Gasteiger partial charge on any atom is -0.391 e. The van der Waals surface area contributed by atoms with Crippen LogP contribution in [0.2, 0.25) is 0 Å². The van der Waals surface area contributed by atoms with E-state index in [1.54, 1.807) is 0 Å². The Morgan fingerprint density at radius 3 is 2.75 bits per heavy atom. The lowest BCUT2D eigenvalue weighted by molar-refractivity contribution is -0.142. The van der Waals surface area contributed by atoms with Crippen molar-refractivity contribution in [1.29, 1.82) is 0 Å². The van der Waals surface area contributed by atoms with Crippen LogP contribution in [0, 0.1) is 11.8 Å². The highest BCUT2D eigenvalue weighted by molar-refractivity contribution is 6.05. The molecule has 2 heterocycles. The van der Waals surface area contributed by atoms with Crippen LogP contribution in [0.1, 0.15) is 25.8 Å². The monoisotopic (exact) mass is 270 g/mol. The van der Waals surface area contributed by atoms with Crippen molar-refractivity contribution < 1.29 is 9.63 Å². The van der Waals surface area contributed by atoms with Gasteiger partial charge in [-0.25, -0.2) is 0 Å². The first-order valence-electron chi connectivity index (χ1n) is 7.30. The lowest BCUT2D eigenvalue weighted by Gasteiger charge is -2.36. The van der Waals surface area contributed by atoms with Gasteiger partial charge in [-0.2, -0.15) is 0 Å². The van der Waals surface area contributed by atoms with Crippen molar-refractivity contribution in [3.8, 4) is 0 Å². The van der Waals surface area contributed by atoms with Crippen LogP contribution in [0.3, 0.4) is 0 Å². The number of amides is 1. The van der Waals surface area contributed by atoms with Gasteiger partial charge in [-0.05, 0) is 25.8 Å². The number of piperidine rings is 1. The Morgan fingerprint density at radius 2 is 2.05 bits per heavy atom. The molecule has 0 N–H and O–H groups in total. The normalized spacial score (nSPS) is 34.5. The highest BCUT2D eigenvalue weighted by Gasteiger charge is 2.62. The highest BCUT2D eigenvalue weighted by Crippen LogP contribution is 2.49. The largest absolute Gasteiger partial charge is 0.391 e. The van der Waals surface area contributed by atoms with Crippen LogP contribution < -0.4 is 0 Å². The fraction of sp³-hybridized carbons (Fsp3) is 0.500. The van der Waals surface area contributed by atoms with E-state index in [0.717, 1.165) is 17.7 Å². The second-order valence-corrected chi connectivity index (χ2v) is 6.19.